The van der Waals surface area contributed by atoms with E-state index in [0.29, 0.717) is 25.7 Å². The molecular weight excluding hydrogens is 889 g/mol. The third-order valence-electron chi connectivity index (χ3n) is 13.8. The van der Waals surface area contributed by atoms with Crippen molar-refractivity contribution in [3.05, 3.63) is 0 Å². The minimum atomic E-state index is -2.42. The second kappa shape index (κ2) is 48.3. The standard InChI is InChI=1S/C57H108N2O9S/c1-4-7-10-13-16-19-22-25-28-31-34-37-40-43-52(63)57(49-69-48-50(62)46-60,56(68)58-51(47-61)55(66)67)59(53(64)44-41-38-35-32-29-26-23-20-17-14-11-8-5-2)54(65)45-42-39-36-33-30-27-24-21-18-15-12-9-6-3/h50-51,60-62H,4-49H2,1-3H3,(H,58,68)(H,66,67)/t50?,51-,57-/m0/s1. The van der Waals surface area contributed by atoms with E-state index in [9.17, 15) is 44.4 Å². The Morgan fingerprint density at radius 3 is 1.01 bits per heavy atom. The van der Waals surface area contributed by atoms with Crippen molar-refractivity contribution in [2.75, 3.05) is 24.7 Å². The lowest BCUT2D eigenvalue weighted by atomic mass is 9.87. The van der Waals surface area contributed by atoms with Crippen LogP contribution in [-0.2, 0) is 24.0 Å². The molecule has 0 aromatic heterocycles. The molecule has 5 N–H and O–H groups in total. The van der Waals surface area contributed by atoms with Crippen LogP contribution in [0.4, 0.5) is 0 Å². The van der Waals surface area contributed by atoms with Crippen LogP contribution in [0, 0.1) is 0 Å². The molecule has 0 saturated heterocycles. The molecule has 0 bridgehead atoms. The van der Waals surface area contributed by atoms with Crippen LogP contribution < -0.4 is 5.32 Å². The van der Waals surface area contributed by atoms with Crippen molar-refractivity contribution in [3.8, 4) is 0 Å². The molecule has 406 valence electrons. The van der Waals surface area contributed by atoms with Gasteiger partial charge in [-0.2, -0.15) is 11.8 Å². The Balaban J connectivity index is 6.18. The number of carbonyl (C=O) groups excluding carboxylic acids is 4. The van der Waals surface area contributed by atoms with Gasteiger partial charge in [-0.1, -0.05) is 252 Å². The fourth-order valence-corrected chi connectivity index (χ4v) is 10.5. The fourth-order valence-electron chi connectivity index (χ4n) is 9.31. The van der Waals surface area contributed by atoms with E-state index in [1.165, 1.54) is 154 Å². The van der Waals surface area contributed by atoms with Gasteiger partial charge >= 0.3 is 5.97 Å². The van der Waals surface area contributed by atoms with Crippen LogP contribution >= 0.6 is 11.8 Å². The van der Waals surface area contributed by atoms with Gasteiger partial charge < -0.3 is 25.7 Å². The maximum Gasteiger partial charge on any atom is 0.328 e. The Labute approximate surface area is 427 Å². The zero-order valence-electron chi connectivity index (χ0n) is 44.9. The summed E-state index contributed by atoms with van der Waals surface area (Å²) in [6.07, 6.45) is 41.7. The van der Waals surface area contributed by atoms with Crippen LogP contribution in [0.1, 0.15) is 290 Å². The molecule has 0 spiro atoms. The number of rotatable bonds is 53. The lowest BCUT2D eigenvalue weighted by Gasteiger charge is -2.41. The molecule has 0 heterocycles. The smallest absolute Gasteiger partial charge is 0.328 e. The third-order valence-corrected chi connectivity index (χ3v) is 15.1. The number of carboxylic acid groups (broad SMARTS) is 1. The lowest BCUT2D eigenvalue weighted by Crippen LogP contribution is -2.70. The van der Waals surface area contributed by atoms with Crippen molar-refractivity contribution < 1.29 is 44.4 Å². The molecule has 0 fully saturated rings. The van der Waals surface area contributed by atoms with E-state index >= 15 is 0 Å². The number of nitrogens with zero attached hydrogens (tertiary/aromatic N) is 1. The molecule has 3 atom stereocenters. The molecule has 69 heavy (non-hydrogen) atoms. The van der Waals surface area contributed by atoms with Crippen LogP contribution in [0.5, 0.6) is 0 Å². The minimum absolute atomic E-state index is 0.0601. The first-order valence-electron chi connectivity index (χ1n) is 29.0. The molecule has 12 heteroatoms. The van der Waals surface area contributed by atoms with Gasteiger partial charge in [0.2, 0.25) is 11.8 Å². The van der Waals surface area contributed by atoms with E-state index in [1.54, 1.807) is 0 Å². The van der Waals surface area contributed by atoms with Gasteiger partial charge in [0.15, 0.2) is 11.3 Å². The zero-order chi connectivity index (χ0) is 51.1. The first-order valence-corrected chi connectivity index (χ1v) is 30.1. The summed E-state index contributed by atoms with van der Waals surface area (Å²) in [4.78, 5) is 71.9. The third kappa shape index (κ3) is 34.9. The van der Waals surface area contributed by atoms with Gasteiger partial charge in [-0.3, -0.25) is 24.1 Å². The average molecular weight is 998 g/mol. The molecular formula is C57H108N2O9S. The molecule has 0 rings (SSSR count). The van der Waals surface area contributed by atoms with Crippen molar-refractivity contribution in [1.29, 1.82) is 0 Å². The highest BCUT2D eigenvalue weighted by Crippen LogP contribution is 2.30. The average Bonchev–Trinajstić information content (AvgIpc) is 3.34. The summed E-state index contributed by atoms with van der Waals surface area (Å²) in [5, 5.41) is 42.2. The van der Waals surface area contributed by atoms with Crippen molar-refractivity contribution in [2.45, 2.75) is 308 Å². The van der Waals surface area contributed by atoms with E-state index in [0.717, 1.165) is 87.3 Å². The molecule has 11 nitrogen and oxygen atoms in total. The van der Waals surface area contributed by atoms with Gasteiger partial charge in [-0.05, 0) is 19.3 Å². The Morgan fingerprint density at radius 1 is 0.449 bits per heavy atom. The number of nitrogens with one attached hydrogen (secondary N) is 1. The van der Waals surface area contributed by atoms with Crippen LogP contribution in [0.2, 0.25) is 0 Å². The number of thioether (sulfide) groups is 1. The molecule has 1 unspecified atom stereocenters. The van der Waals surface area contributed by atoms with Crippen LogP contribution in [0.15, 0.2) is 0 Å². The quantitative estimate of drug-likeness (QED) is 0.0291. The lowest BCUT2D eigenvalue weighted by molar-refractivity contribution is -0.163. The first kappa shape index (κ1) is 67.0. The van der Waals surface area contributed by atoms with Crippen molar-refractivity contribution >= 4 is 41.2 Å². The van der Waals surface area contributed by atoms with Crippen molar-refractivity contribution in [3.63, 3.8) is 0 Å². The summed E-state index contributed by atoms with van der Waals surface area (Å²) >= 11 is 0.965. The van der Waals surface area contributed by atoms with Gasteiger partial charge in [0, 0.05) is 30.8 Å². The second-order valence-electron chi connectivity index (χ2n) is 20.3. The van der Waals surface area contributed by atoms with E-state index in [4.69, 9.17) is 0 Å². The minimum Gasteiger partial charge on any atom is -0.480 e. The highest BCUT2D eigenvalue weighted by atomic mass is 32.2. The highest BCUT2D eigenvalue weighted by Gasteiger charge is 2.55. The number of Topliss-reactive ketones (excluding diaryl/α,β-unsaturated/α-hetero) is 1. The number of hydrogen-bond donors (Lipinski definition) is 5. The predicted octanol–water partition coefficient (Wildman–Crippen LogP) is 13.7. The van der Waals surface area contributed by atoms with Crippen LogP contribution in [0.25, 0.3) is 0 Å². The zero-order valence-corrected chi connectivity index (χ0v) is 45.7. The van der Waals surface area contributed by atoms with Gasteiger partial charge in [0.05, 0.1) is 19.3 Å². The number of carboxylic acids is 1. The maximum absolute atomic E-state index is 14.9. The summed E-state index contributed by atoms with van der Waals surface area (Å²) in [6, 6.07) is -1.77. The Morgan fingerprint density at radius 2 is 0.739 bits per heavy atom. The normalized spacial score (nSPS) is 13.2. The molecule has 0 aliphatic heterocycles. The monoisotopic (exact) mass is 997 g/mol. The van der Waals surface area contributed by atoms with E-state index in [-0.39, 0.29) is 25.0 Å². The van der Waals surface area contributed by atoms with Gasteiger partial charge in [0.1, 0.15) is 6.04 Å². The number of unbranched alkanes of at least 4 members (excludes halogenated alkanes) is 36. The summed E-state index contributed by atoms with van der Waals surface area (Å²) < 4.78 is 0. The predicted molar refractivity (Wildman–Crippen MR) is 288 cm³/mol. The molecule has 0 aromatic carbocycles. The maximum atomic E-state index is 14.9. The number of carbonyl (C=O) groups is 5. The first-order chi connectivity index (χ1) is 33.6. The Kier molecular flexibility index (Phi) is 46.8. The topological polar surface area (TPSA) is 182 Å². The van der Waals surface area contributed by atoms with Crippen LogP contribution in [-0.4, -0.2) is 97.2 Å². The number of imide groups is 1. The molecule has 0 aliphatic carbocycles. The molecule has 0 aliphatic rings. The second-order valence-corrected chi connectivity index (χ2v) is 21.3. The largest absolute Gasteiger partial charge is 0.480 e. The number of amides is 3. The number of aliphatic hydroxyl groups excluding tert-OH is 3. The number of ketones is 1. The van der Waals surface area contributed by atoms with E-state index < -0.39 is 66.1 Å². The SMILES string of the molecule is CCCCCCCCCCCCCCCC(=O)N(C(=O)CCCCCCCCCCCCCCC)[C@@](CSCC(O)CO)(C(=O)CCCCCCCCCCCCCCC)C(=O)N[C@@H](CO)C(=O)O. The summed E-state index contributed by atoms with van der Waals surface area (Å²) in [5.74, 6) is -5.10. The summed E-state index contributed by atoms with van der Waals surface area (Å²) in [6.45, 7) is 5.17. The van der Waals surface area contributed by atoms with E-state index in [2.05, 4.69) is 26.1 Å². The van der Waals surface area contributed by atoms with Gasteiger partial charge in [0.25, 0.3) is 5.91 Å². The van der Waals surface area contributed by atoms with Gasteiger partial charge in [-0.25, -0.2) is 4.79 Å². The van der Waals surface area contributed by atoms with E-state index in [1.807, 2.05) is 0 Å². The van der Waals surface area contributed by atoms with Crippen molar-refractivity contribution in [2.24, 2.45) is 0 Å². The Bertz CT molecular complexity index is 1210. The number of hydrogen-bond acceptors (Lipinski definition) is 9. The van der Waals surface area contributed by atoms with Gasteiger partial charge in [-0.15, -0.1) is 0 Å². The summed E-state index contributed by atoms with van der Waals surface area (Å²) in [7, 11) is 0. The number of aliphatic hydroxyl groups is 3. The fraction of sp³-hybridized carbons (Fsp3) is 0.912. The summed E-state index contributed by atoms with van der Waals surface area (Å²) in [5.41, 5.74) is -2.42. The highest BCUT2D eigenvalue weighted by molar-refractivity contribution is 7.99. The molecule has 0 aromatic rings. The number of aliphatic carboxylic acids is 1. The Hall–Kier alpha value is -2.02. The molecule has 0 radical (unpaired) electrons. The van der Waals surface area contributed by atoms with Crippen LogP contribution in [0.3, 0.4) is 0 Å². The molecule has 3 amide bonds. The molecule has 0 saturated carbocycles. The van der Waals surface area contributed by atoms with Crippen molar-refractivity contribution in [1.82, 2.24) is 10.2 Å².